The highest BCUT2D eigenvalue weighted by Crippen LogP contribution is 2.41. The third kappa shape index (κ3) is 4.20. The molecule has 51 heavy (non-hydrogen) atoms. The molecule has 0 aliphatic heterocycles. The maximum absolute atomic E-state index is 9.58. The van der Waals surface area contributed by atoms with Crippen molar-refractivity contribution in [2.45, 2.75) is 0 Å². The second-order valence-electron chi connectivity index (χ2n) is 11.4. The predicted molar refractivity (Wildman–Crippen MR) is 205 cm³/mol. The van der Waals surface area contributed by atoms with Crippen molar-refractivity contribution in [3.8, 4) is 39.9 Å². The Hall–Kier alpha value is -7.05. The summed E-state index contributed by atoms with van der Waals surface area (Å²) in [6.07, 6.45) is 0. The van der Waals surface area contributed by atoms with E-state index < -0.39 is 143 Å². The van der Waals surface area contributed by atoms with Crippen LogP contribution in [-0.2, 0) is 0 Å². The molecule has 11 aromatic rings. The summed E-state index contributed by atoms with van der Waals surface area (Å²) >= 11 is 0. The average molecular weight is 674 g/mol. The third-order valence-electron chi connectivity index (χ3n) is 8.53. The monoisotopic (exact) mass is 673 g/mol. The lowest BCUT2D eigenvalue weighted by atomic mass is 10.0. The van der Waals surface area contributed by atoms with Crippen molar-refractivity contribution >= 4 is 65.7 Å². The maximum atomic E-state index is 9.58. The van der Waals surface area contributed by atoms with Crippen LogP contribution in [0.4, 0.5) is 0 Å². The van der Waals surface area contributed by atoms with Gasteiger partial charge in [-0.2, -0.15) is 9.97 Å². The minimum absolute atomic E-state index is 0.217. The lowest BCUT2D eigenvalue weighted by Crippen LogP contribution is -2.06. The van der Waals surface area contributed by atoms with E-state index in [1.165, 1.54) is 0 Å². The van der Waals surface area contributed by atoms with Gasteiger partial charge in [0, 0.05) is 38.1 Å². The van der Waals surface area contributed by atoms with Gasteiger partial charge in [0.15, 0.2) is 11.6 Å². The van der Waals surface area contributed by atoms with E-state index in [0.717, 1.165) is 4.57 Å². The fourth-order valence-electron chi connectivity index (χ4n) is 6.36. The Labute approximate surface area is 317 Å². The van der Waals surface area contributed by atoms with E-state index in [4.69, 9.17) is 33.9 Å². The molecule has 0 radical (unpaired) electrons. The number of benzene rings is 7. The second-order valence-corrected chi connectivity index (χ2v) is 11.4. The van der Waals surface area contributed by atoms with Crippen molar-refractivity contribution in [1.29, 1.82) is 0 Å². The Morgan fingerprint density at radius 3 is 2.08 bits per heavy atom. The van der Waals surface area contributed by atoms with E-state index in [-0.39, 0.29) is 55.1 Å². The van der Waals surface area contributed by atoms with E-state index in [0.29, 0.717) is 21.9 Å². The van der Waals surface area contributed by atoms with Crippen molar-refractivity contribution in [3.63, 3.8) is 0 Å². The Balaban J connectivity index is 1.33. The number of aromatic nitrogens is 4. The minimum atomic E-state index is -0.833. The van der Waals surface area contributed by atoms with Gasteiger partial charge < -0.3 is 8.83 Å². The van der Waals surface area contributed by atoms with Crippen LogP contribution >= 0.6 is 0 Å². The van der Waals surface area contributed by atoms with Gasteiger partial charge in [-0.25, -0.2) is 4.98 Å². The van der Waals surface area contributed by atoms with Gasteiger partial charge in [0.1, 0.15) is 22.3 Å². The predicted octanol–water partition coefficient (Wildman–Crippen LogP) is 11.8. The van der Waals surface area contributed by atoms with Crippen LogP contribution in [0.15, 0.2) is 166 Å². The summed E-state index contributed by atoms with van der Waals surface area (Å²) in [7, 11) is 0. The molecule has 0 atom stereocenters. The fraction of sp³-hybridized carbons (Fsp3) is 0. The standard InChI is InChI=1S/C45H26N4O2/c1-2-11-27(12-3-1)28-21-23-29(24-22-28)43-46-44(34-16-10-20-39-40(34)33-15-6-9-19-38(33)50-39)48-45(47-43)49-35-17-7-4-14-32(35)41-36(49)26-25-31-30-13-5-8-18-37(30)51-42(31)41/h1-26H/i1D,2D,3D,4D,5D,7D,8D,11D,12D,13D,14D,17D,18D,21D,22D,23D,24D,25D,26D. The molecule has 0 aliphatic rings. The van der Waals surface area contributed by atoms with Gasteiger partial charge in [-0.1, -0.05) is 121 Å². The molecule has 0 saturated carbocycles. The van der Waals surface area contributed by atoms with Crippen molar-refractivity contribution < 1.29 is 34.9 Å². The van der Waals surface area contributed by atoms with Crippen molar-refractivity contribution in [1.82, 2.24) is 19.5 Å². The molecule has 0 spiro atoms. The maximum Gasteiger partial charge on any atom is 0.238 e. The molecular weight excluding hydrogens is 629 g/mol. The molecule has 0 aliphatic carbocycles. The molecule has 4 aromatic heterocycles. The van der Waals surface area contributed by atoms with Crippen LogP contribution in [0.25, 0.3) is 106 Å². The quantitative estimate of drug-likeness (QED) is 0.186. The molecule has 0 bridgehead atoms. The van der Waals surface area contributed by atoms with Gasteiger partial charge in [-0.15, -0.1) is 0 Å². The van der Waals surface area contributed by atoms with E-state index >= 15 is 0 Å². The SMILES string of the molecule is [2H]c1c([2H])c([2H])c(-c2c([2H])c([2H])c(-c3nc(-c4cccc5oc6ccccc6c45)nc(-n4c5c([2H])c([2H])c([2H])c([2H])c5c5c6oc7c([2H])c([2H])c([2H])c([2H])c7c6c([2H])c([2H])c54)n3)c([2H])c2[2H])c([2H])c1[2H]. The number of nitrogens with zero attached hydrogens (tertiary/aromatic N) is 4. The normalized spacial score (nSPS) is 17.1. The van der Waals surface area contributed by atoms with Crippen LogP contribution in [0.2, 0.25) is 0 Å². The summed E-state index contributed by atoms with van der Waals surface area (Å²) in [5, 5.41) is 0.0776. The Kier molecular flexibility index (Phi) is 3.20. The first-order valence-corrected chi connectivity index (χ1v) is 15.4. The van der Waals surface area contributed by atoms with E-state index in [2.05, 4.69) is 4.98 Å². The second kappa shape index (κ2) is 10.7. The number of rotatable bonds is 4. The Bertz CT molecular complexity index is 4200. The van der Waals surface area contributed by atoms with Crippen LogP contribution in [0.5, 0.6) is 0 Å². The highest BCUT2D eigenvalue weighted by molar-refractivity contribution is 6.23. The molecule has 7 aromatic carbocycles. The van der Waals surface area contributed by atoms with Gasteiger partial charge in [-0.3, -0.25) is 4.57 Å². The molecule has 4 heterocycles. The van der Waals surface area contributed by atoms with Crippen molar-refractivity contribution in [2.24, 2.45) is 0 Å². The molecule has 0 fully saturated rings. The van der Waals surface area contributed by atoms with Crippen LogP contribution in [-0.4, -0.2) is 19.5 Å². The van der Waals surface area contributed by atoms with Gasteiger partial charge in [0.2, 0.25) is 5.95 Å². The molecular formula is C45H26N4O2. The number of para-hydroxylation sites is 3. The van der Waals surface area contributed by atoms with Crippen LogP contribution < -0.4 is 0 Å². The van der Waals surface area contributed by atoms with Gasteiger partial charge >= 0.3 is 0 Å². The van der Waals surface area contributed by atoms with Crippen LogP contribution in [0.1, 0.15) is 26.0 Å². The fourth-order valence-corrected chi connectivity index (χ4v) is 6.36. The highest BCUT2D eigenvalue weighted by atomic mass is 16.3. The zero-order valence-corrected chi connectivity index (χ0v) is 25.6. The minimum Gasteiger partial charge on any atom is -0.456 e. The largest absolute Gasteiger partial charge is 0.456 e. The molecule has 238 valence electrons. The smallest absolute Gasteiger partial charge is 0.238 e. The first kappa shape index (κ1) is 15.2. The summed E-state index contributed by atoms with van der Waals surface area (Å²) in [5.41, 5.74) is -2.10. The zero-order chi connectivity index (χ0) is 50.0. The average Bonchev–Trinajstić information content (AvgIpc) is 4.06. The summed E-state index contributed by atoms with van der Waals surface area (Å²) in [6, 6.07) is -1.80. The van der Waals surface area contributed by atoms with Gasteiger partial charge in [0.05, 0.1) is 42.5 Å². The van der Waals surface area contributed by atoms with Crippen molar-refractivity contribution in [2.75, 3.05) is 0 Å². The summed E-state index contributed by atoms with van der Waals surface area (Å²) in [4.78, 5) is 14.2. The third-order valence-corrected chi connectivity index (χ3v) is 8.53. The molecule has 0 unspecified atom stereocenters. The summed E-state index contributed by atoms with van der Waals surface area (Å²) in [5.74, 6) is -1.31. The summed E-state index contributed by atoms with van der Waals surface area (Å²) < 4.78 is 181. The van der Waals surface area contributed by atoms with Crippen LogP contribution in [0.3, 0.4) is 0 Å². The molecule has 0 saturated heterocycles. The number of hydrogen-bond acceptors (Lipinski definition) is 5. The van der Waals surface area contributed by atoms with Gasteiger partial charge in [0.25, 0.3) is 0 Å². The lowest BCUT2D eigenvalue weighted by Gasteiger charge is -2.12. The van der Waals surface area contributed by atoms with Crippen LogP contribution in [0, 0.1) is 0 Å². The lowest BCUT2D eigenvalue weighted by molar-refractivity contribution is 0.669. The number of fused-ring (bicyclic) bond motifs is 10. The molecule has 0 amide bonds. The summed E-state index contributed by atoms with van der Waals surface area (Å²) in [6.45, 7) is 0. The number of hydrogen-bond donors (Lipinski definition) is 0. The topological polar surface area (TPSA) is 69.9 Å². The van der Waals surface area contributed by atoms with Crippen molar-refractivity contribution in [3.05, 3.63) is 157 Å². The highest BCUT2D eigenvalue weighted by Gasteiger charge is 2.22. The van der Waals surface area contributed by atoms with E-state index in [1.54, 1.807) is 42.5 Å². The first-order valence-electron chi connectivity index (χ1n) is 24.9. The molecule has 6 heteroatoms. The molecule has 6 nitrogen and oxygen atoms in total. The van der Waals surface area contributed by atoms with Gasteiger partial charge in [-0.05, 0) is 47.4 Å². The van der Waals surface area contributed by atoms with E-state index in [9.17, 15) is 11.0 Å². The molecule has 0 N–H and O–H groups in total. The number of furan rings is 2. The van der Waals surface area contributed by atoms with E-state index in [1.807, 2.05) is 0 Å². The Morgan fingerprint density at radius 1 is 0.451 bits per heavy atom. The Morgan fingerprint density at radius 2 is 1.18 bits per heavy atom. The first-order chi connectivity index (χ1) is 33.2. The zero-order valence-electron chi connectivity index (χ0n) is 44.6. The molecule has 11 rings (SSSR count).